The smallest absolute Gasteiger partial charge is 0.330 e. The van der Waals surface area contributed by atoms with E-state index in [0.717, 1.165) is 12.0 Å². The van der Waals surface area contributed by atoms with Crippen LogP contribution in [0.4, 0.5) is 0 Å². The Morgan fingerprint density at radius 2 is 1.67 bits per heavy atom. The molecule has 0 radical (unpaired) electrons. The third kappa shape index (κ3) is 4.70. The van der Waals surface area contributed by atoms with E-state index >= 15 is 0 Å². The van der Waals surface area contributed by atoms with E-state index < -0.39 is 17.8 Å². The molecule has 21 heavy (non-hydrogen) atoms. The summed E-state index contributed by atoms with van der Waals surface area (Å²) in [7, 11) is 0. The summed E-state index contributed by atoms with van der Waals surface area (Å²) in [5.41, 5.74) is 1.15. The maximum Gasteiger partial charge on any atom is 0.333 e. The van der Waals surface area contributed by atoms with E-state index in [-0.39, 0.29) is 19.3 Å². The van der Waals surface area contributed by atoms with Crippen LogP contribution in [0.3, 0.4) is 0 Å². The van der Waals surface area contributed by atoms with E-state index in [4.69, 9.17) is 4.84 Å². The number of rotatable bonds is 5. The van der Waals surface area contributed by atoms with Crippen LogP contribution in [0.5, 0.6) is 0 Å². The molecule has 1 aromatic carbocycles. The largest absolute Gasteiger partial charge is 0.333 e. The molecule has 0 aliphatic carbocycles. The summed E-state index contributed by atoms with van der Waals surface area (Å²) in [6.07, 6.45) is 3.40. The zero-order valence-electron chi connectivity index (χ0n) is 11.9. The predicted octanol–water partition coefficient (Wildman–Crippen LogP) is 2.40. The van der Waals surface area contributed by atoms with Crippen LogP contribution in [-0.4, -0.2) is 22.8 Å². The second kappa shape index (κ2) is 7.57. The number of amides is 2. The Morgan fingerprint density at radius 3 is 2.29 bits per heavy atom. The lowest BCUT2D eigenvalue weighted by Crippen LogP contribution is -2.37. The lowest BCUT2D eigenvalue weighted by atomic mass is 10.1. The van der Waals surface area contributed by atoms with E-state index in [2.05, 4.69) is 0 Å². The summed E-state index contributed by atoms with van der Waals surface area (Å²) in [6, 6.07) is 9.82. The molecule has 5 heteroatoms. The van der Waals surface area contributed by atoms with Crippen LogP contribution >= 0.6 is 0 Å². The fourth-order valence-corrected chi connectivity index (χ4v) is 2.23. The van der Waals surface area contributed by atoms with Crippen molar-refractivity contribution in [3.8, 4) is 0 Å². The van der Waals surface area contributed by atoms with Crippen molar-refractivity contribution in [2.45, 2.75) is 44.9 Å². The average Bonchev–Trinajstić information content (AvgIpc) is 2.64. The Bertz CT molecular complexity index is 494. The van der Waals surface area contributed by atoms with Crippen LogP contribution in [0, 0.1) is 0 Å². The number of imide groups is 1. The SMILES string of the molecule is O=C(CCCc1ccccc1)ON1C(=O)CCCCC1=O. The van der Waals surface area contributed by atoms with E-state index in [1.165, 1.54) is 0 Å². The fraction of sp³-hybridized carbons (Fsp3) is 0.438. The van der Waals surface area contributed by atoms with Crippen molar-refractivity contribution < 1.29 is 19.2 Å². The van der Waals surface area contributed by atoms with Crippen molar-refractivity contribution in [1.82, 2.24) is 5.06 Å². The van der Waals surface area contributed by atoms with Gasteiger partial charge in [0, 0.05) is 19.3 Å². The van der Waals surface area contributed by atoms with Gasteiger partial charge in [-0.15, -0.1) is 5.06 Å². The zero-order chi connectivity index (χ0) is 15.1. The van der Waals surface area contributed by atoms with Crippen molar-refractivity contribution in [3.05, 3.63) is 35.9 Å². The lowest BCUT2D eigenvalue weighted by Gasteiger charge is -2.16. The quantitative estimate of drug-likeness (QED) is 0.781. The predicted molar refractivity (Wildman–Crippen MR) is 75.8 cm³/mol. The molecule has 112 valence electrons. The van der Waals surface area contributed by atoms with Gasteiger partial charge in [-0.1, -0.05) is 30.3 Å². The van der Waals surface area contributed by atoms with Gasteiger partial charge in [0.1, 0.15) is 0 Å². The molecule has 1 saturated heterocycles. The highest BCUT2D eigenvalue weighted by Crippen LogP contribution is 2.14. The molecule has 0 atom stereocenters. The van der Waals surface area contributed by atoms with Crippen molar-refractivity contribution in [3.63, 3.8) is 0 Å². The molecular weight excluding hydrogens is 270 g/mol. The van der Waals surface area contributed by atoms with Gasteiger partial charge < -0.3 is 4.84 Å². The Kier molecular flexibility index (Phi) is 5.49. The number of hydrogen-bond donors (Lipinski definition) is 0. The molecule has 0 N–H and O–H groups in total. The second-order valence-electron chi connectivity index (χ2n) is 5.09. The van der Waals surface area contributed by atoms with Gasteiger partial charge in [-0.25, -0.2) is 4.79 Å². The van der Waals surface area contributed by atoms with Crippen molar-refractivity contribution >= 4 is 17.8 Å². The van der Waals surface area contributed by atoms with Gasteiger partial charge in [-0.2, -0.15) is 0 Å². The Labute approximate surface area is 123 Å². The Hall–Kier alpha value is -2.17. The summed E-state index contributed by atoms with van der Waals surface area (Å²) in [5, 5.41) is 0.651. The maximum absolute atomic E-state index is 11.7. The molecule has 5 nitrogen and oxygen atoms in total. The monoisotopic (exact) mass is 289 g/mol. The molecule has 0 spiro atoms. The summed E-state index contributed by atoms with van der Waals surface area (Å²) in [4.78, 5) is 40.0. The number of benzene rings is 1. The Morgan fingerprint density at radius 1 is 1.05 bits per heavy atom. The van der Waals surface area contributed by atoms with Crippen molar-refractivity contribution in [1.29, 1.82) is 0 Å². The molecular formula is C16H19NO4. The topological polar surface area (TPSA) is 63.7 Å². The van der Waals surface area contributed by atoms with E-state index in [1.54, 1.807) is 0 Å². The minimum atomic E-state index is -0.533. The van der Waals surface area contributed by atoms with Crippen LogP contribution in [0.25, 0.3) is 0 Å². The zero-order valence-corrected chi connectivity index (χ0v) is 11.9. The van der Waals surface area contributed by atoms with Crippen LogP contribution in [-0.2, 0) is 25.6 Å². The van der Waals surface area contributed by atoms with Crippen LogP contribution in [0.15, 0.2) is 30.3 Å². The first-order chi connectivity index (χ1) is 10.2. The van der Waals surface area contributed by atoms with Gasteiger partial charge in [-0.05, 0) is 31.2 Å². The van der Waals surface area contributed by atoms with Crippen LogP contribution in [0.2, 0.25) is 0 Å². The molecule has 2 rings (SSSR count). The number of carbonyl (C=O) groups excluding carboxylic acids is 3. The van der Waals surface area contributed by atoms with E-state index in [1.807, 2.05) is 30.3 Å². The summed E-state index contributed by atoms with van der Waals surface area (Å²) < 4.78 is 0. The molecule has 0 saturated carbocycles. The van der Waals surface area contributed by atoms with Crippen LogP contribution in [0.1, 0.15) is 44.1 Å². The molecule has 2 amide bonds. The second-order valence-corrected chi connectivity index (χ2v) is 5.09. The number of hydrogen-bond acceptors (Lipinski definition) is 4. The fourth-order valence-electron chi connectivity index (χ4n) is 2.23. The minimum Gasteiger partial charge on any atom is -0.330 e. The first kappa shape index (κ1) is 15.2. The van der Waals surface area contributed by atoms with E-state index in [9.17, 15) is 14.4 Å². The number of nitrogens with zero attached hydrogens (tertiary/aromatic N) is 1. The van der Waals surface area contributed by atoms with Gasteiger partial charge >= 0.3 is 5.97 Å². The number of aryl methyl sites for hydroxylation is 1. The van der Waals surface area contributed by atoms with Gasteiger partial charge in [0.25, 0.3) is 11.8 Å². The molecule has 0 aromatic heterocycles. The highest BCUT2D eigenvalue weighted by molar-refractivity contribution is 5.95. The molecule has 1 heterocycles. The molecule has 1 fully saturated rings. The maximum atomic E-state index is 11.7. The molecule has 0 unspecified atom stereocenters. The minimum absolute atomic E-state index is 0.186. The van der Waals surface area contributed by atoms with Gasteiger partial charge in [-0.3, -0.25) is 9.59 Å². The molecule has 0 bridgehead atoms. The highest BCUT2D eigenvalue weighted by Gasteiger charge is 2.27. The van der Waals surface area contributed by atoms with Crippen molar-refractivity contribution in [2.75, 3.05) is 0 Å². The summed E-state index contributed by atoms with van der Waals surface area (Å²) >= 11 is 0. The lowest BCUT2D eigenvalue weighted by molar-refractivity contribution is -0.202. The molecule has 1 aliphatic rings. The summed E-state index contributed by atoms with van der Waals surface area (Å²) in [5.74, 6) is -1.38. The van der Waals surface area contributed by atoms with Crippen LogP contribution < -0.4 is 0 Å². The third-order valence-electron chi connectivity index (χ3n) is 3.37. The summed E-state index contributed by atoms with van der Waals surface area (Å²) in [6.45, 7) is 0. The van der Waals surface area contributed by atoms with Crippen molar-refractivity contribution in [2.24, 2.45) is 0 Å². The highest BCUT2D eigenvalue weighted by atomic mass is 16.7. The molecule has 1 aliphatic heterocycles. The van der Waals surface area contributed by atoms with Gasteiger partial charge in [0.2, 0.25) is 0 Å². The Balaban J connectivity index is 1.78. The third-order valence-corrected chi connectivity index (χ3v) is 3.37. The number of carbonyl (C=O) groups is 3. The first-order valence-corrected chi connectivity index (χ1v) is 7.27. The normalized spacial score (nSPS) is 15.7. The first-order valence-electron chi connectivity index (χ1n) is 7.27. The van der Waals surface area contributed by atoms with Gasteiger partial charge in [0.05, 0.1) is 0 Å². The van der Waals surface area contributed by atoms with Gasteiger partial charge in [0.15, 0.2) is 0 Å². The average molecular weight is 289 g/mol. The van der Waals surface area contributed by atoms with E-state index in [0.29, 0.717) is 24.3 Å². The number of hydroxylamine groups is 2. The molecule has 1 aromatic rings. The standard InChI is InChI=1S/C16H19NO4/c18-14-10-4-5-11-15(19)17(14)21-16(20)12-6-9-13-7-2-1-3-8-13/h1-3,7-8H,4-6,9-12H2.